The molecule has 0 saturated carbocycles. The predicted octanol–water partition coefficient (Wildman–Crippen LogP) is 3.73. The Hall–Kier alpha value is -19.2. The molecule has 2 saturated heterocycles. The third-order valence-electron chi connectivity index (χ3n) is 20.4. The van der Waals surface area contributed by atoms with Gasteiger partial charge in [-0.1, -0.05) is 0 Å². The highest BCUT2D eigenvalue weighted by atomic mass is 16.8. The Morgan fingerprint density at radius 3 is 0.791 bits per heavy atom. The molecule has 0 aromatic heterocycles. The summed E-state index contributed by atoms with van der Waals surface area (Å²) in [7, 11) is 0. The Bertz CT molecular complexity index is 6630. The second-order valence-corrected chi connectivity index (χ2v) is 28.7. The van der Waals surface area contributed by atoms with E-state index in [1.807, 2.05) is 0 Å². The van der Waals surface area contributed by atoms with Gasteiger partial charge in [-0.15, -0.1) is 0 Å². The van der Waals surface area contributed by atoms with Crippen LogP contribution in [0.1, 0.15) is 104 Å². The van der Waals surface area contributed by atoms with Gasteiger partial charge in [0, 0.05) is 34.4 Å². The average Bonchev–Trinajstić information content (AvgIpc) is 1.06. The first kappa shape index (κ1) is 91.0. The molecule has 10 aromatic rings. The molecule has 0 unspecified atom stereocenters. The van der Waals surface area contributed by atoms with Crippen molar-refractivity contribution in [2.24, 2.45) is 0 Å². The van der Waals surface area contributed by atoms with Gasteiger partial charge in [-0.05, 0) is 78.9 Å². The zero-order chi connectivity index (χ0) is 97.7. The number of benzene rings is 10. The lowest BCUT2D eigenvalue weighted by molar-refractivity contribution is -0.282. The number of esters is 10. The van der Waals surface area contributed by atoms with E-state index in [4.69, 9.17) is 61.6 Å². The summed E-state index contributed by atoms with van der Waals surface area (Å²) in [6.07, 6.45) is -28.8. The smallest absolute Gasteiger partial charge is 0.344 e. The third kappa shape index (κ3) is 16.2. The Balaban J connectivity index is 0.929. The van der Waals surface area contributed by atoms with Crippen LogP contribution in [0.25, 0.3) is 22.3 Å². The van der Waals surface area contributed by atoms with Crippen molar-refractivity contribution in [1.82, 2.24) is 0 Å². The van der Waals surface area contributed by atoms with Gasteiger partial charge in [0.15, 0.2) is 168 Å². The molecule has 134 heavy (non-hydrogen) atoms. The van der Waals surface area contributed by atoms with Gasteiger partial charge in [0.1, 0.15) is 31.0 Å². The SMILES string of the molecule is O=C(O[C@@H]1O[C@H]2COC(=O)c3cc(O)c(O)c(O)c3-c3c(cc(Oc4c(C(=O)O[C@H]5O[C@H]6COC(=O)c7cc(O)c(O)c(O)c7-c7c(cc(O)c(O)c7O)C(=O)O[C@H]6[C@@H](OC(=O)c6cc(O)c(O)c(O)c6)[C@H]5OC(=O)c5cc(O)c(O)c(O)c5)cc(O)c(O)c4O)c(O)c3O)C(=O)O[C@H]2[C@H](OC(=O)c2cc(O)c(O)c(O)c2)[C@@H]1OC(=O)c1cc(O)c(O)c(O)c1)c1cc(O)c(O)c(O)c1. The highest BCUT2D eigenvalue weighted by Crippen LogP contribution is 2.58. The molecule has 52 heteroatoms. The van der Waals surface area contributed by atoms with Crippen molar-refractivity contribution < 1.29 is 258 Å². The largest absolute Gasteiger partial charge is 0.504 e. The summed E-state index contributed by atoms with van der Waals surface area (Å²) in [6.45, 7) is -3.20. The van der Waals surface area contributed by atoms with Crippen LogP contribution >= 0.6 is 0 Å². The van der Waals surface area contributed by atoms with Gasteiger partial charge in [0.2, 0.25) is 59.3 Å². The molecule has 0 spiro atoms. The van der Waals surface area contributed by atoms with Crippen LogP contribution < -0.4 is 4.74 Å². The van der Waals surface area contributed by atoms with Gasteiger partial charge in [-0.2, -0.15) is 0 Å². The van der Waals surface area contributed by atoms with Gasteiger partial charge in [0.25, 0.3) is 0 Å². The lowest BCUT2D eigenvalue weighted by Crippen LogP contribution is -2.63. The van der Waals surface area contributed by atoms with Crippen LogP contribution in [0.4, 0.5) is 0 Å². The second-order valence-electron chi connectivity index (χ2n) is 28.7. The highest BCUT2D eigenvalue weighted by Gasteiger charge is 2.58. The molecule has 10 aromatic carbocycles. The summed E-state index contributed by atoms with van der Waals surface area (Å²) in [6, 6.07) is 4.77. The van der Waals surface area contributed by atoms with Crippen molar-refractivity contribution in [3.8, 4) is 200 Å². The van der Waals surface area contributed by atoms with E-state index in [1.54, 1.807) is 0 Å². The molecule has 0 amide bonds. The standard InChI is InChI=1S/C82H58O52/c83-28-1-18(2-29(84)49(28)97)71(112)129-67-66-43(125-81(133-75(116)22-9-36(91)53(101)37(92)10-22)69(67)131-73(114)20-5-32(87)51(99)33(88)6-20)16-122-77(118)24-12-39(94)55(103)60(108)46(24)48-26(79(120)128-66)15-42(58(106)62(48)110)124-64-27(14-41(96)57(105)63(64)111)80(121)134-82-70(132-74(115)21-7-34(89)52(100)35(90)8-21)68(130-72(113)19-3-30(85)50(98)31(86)4-19)65-44(126-82)17-123-76(117)23-11-38(93)54(102)59(107)45(23)47-25(78(119)127-65)13-40(95)56(104)61(47)109/h1-15,43-44,65-70,81-111H,16-17H2/t43-,44-,65+,66+,67-,68+,69-,70+,81-,82+/m0/s1. The molecule has 0 bridgehead atoms. The zero-order valence-corrected chi connectivity index (χ0v) is 65.7. The van der Waals surface area contributed by atoms with E-state index >= 15 is 14.4 Å². The van der Waals surface area contributed by atoms with Gasteiger partial charge in [-0.25, -0.2) is 47.9 Å². The van der Waals surface area contributed by atoms with Crippen LogP contribution in [-0.2, 0) is 56.8 Å². The maximum absolute atomic E-state index is 15.9. The molecule has 4 heterocycles. The Kier molecular flexibility index (Phi) is 23.2. The summed E-state index contributed by atoms with van der Waals surface area (Å²) in [5, 5.41) is 316. The van der Waals surface area contributed by atoms with Gasteiger partial charge in [-0.3, -0.25) is 0 Å². The molecule has 4 aliphatic heterocycles. The molecule has 0 aliphatic carbocycles. The van der Waals surface area contributed by atoms with E-state index < -0.39 is 390 Å². The van der Waals surface area contributed by atoms with E-state index in [0.29, 0.717) is 66.7 Å². The van der Waals surface area contributed by atoms with E-state index in [9.17, 15) is 182 Å². The van der Waals surface area contributed by atoms with Crippen molar-refractivity contribution in [1.29, 1.82) is 0 Å². The minimum absolute atomic E-state index is 0.0509. The number of ether oxygens (including phenoxy) is 13. The summed E-state index contributed by atoms with van der Waals surface area (Å²) in [4.78, 5) is 149. The van der Waals surface area contributed by atoms with Crippen molar-refractivity contribution in [2.75, 3.05) is 13.2 Å². The molecule has 0 radical (unpaired) electrons. The van der Waals surface area contributed by atoms with Crippen molar-refractivity contribution in [2.45, 2.75) is 61.4 Å². The number of phenolic OH excluding ortho intramolecular Hbond substituents is 29. The highest BCUT2D eigenvalue weighted by molar-refractivity contribution is 6.11. The molecule has 52 nitrogen and oxygen atoms in total. The lowest BCUT2D eigenvalue weighted by atomic mass is 9.91. The van der Waals surface area contributed by atoms with E-state index in [1.165, 1.54) is 0 Å². The number of aromatic hydroxyl groups is 29. The van der Waals surface area contributed by atoms with E-state index in [2.05, 4.69) is 0 Å². The zero-order valence-electron chi connectivity index (χ0n) is 65.7. The van der Waals surface area contributed by atoms with Crippen LogP contribution in [0, 0.1) is 0 Å². The first-order chi connectivity index (χ1) is 63.0. The van der Waals surface area contributed by atoms with Crippen LogP contribution in [0.15, 0.2) is 91.0 Å². The number of carbonyl (C=O) groups is 10. The molecule has 14 rings (SSSR count). The maximum Gasteiger partial charge on any atom is 0.344 e. The fourth-order valence-corrected chi connectivity index (χ4v) is 13.9. The van der Waals surface area contributed by atoms with Crippen LogP contribution in [0.3, 0.4) is 0 Å². The number of cyclic esters (lactones) is 2. The number of carbonyl (C=O) groups excluding carboxylic acids is 10. The van der Waals surface area contributed by atoms with Crippen LogP contribution in [0.2, 0.25) is 0 Å². The van der Waals surface area contributed by atoms with Crippen molar-refractivity contribution in [3.05, 3.63) is 147 Å². The molecular formula is C82H58O52. The normalized spacial score (nSPS) is 19.1. The molecular weight excluding hydrogens is 1820 g/mol. The molecule has 698 valence electrons. The van der Waals surface area contributed by atoms with E-state index in [0.717, 1.165) is 0 Å². The fourth-order valence-electron chi connectivity index (χ4n) is 13.9. The Morgan fingerprint density at radius 1 is 0.246 bits per heavy atom. The first-order valence-corrected chi connectivity index (χ1v) is 37.0. The number of hydrogen-bond acceptors (Lipinski definition) is 52. The molecule has 29 N–H and O–H groups in total. The third-order valence-corrected chi connectivity index (χ3v) is 20.4. The Morgan fingerprint density at radius 2 is 0.485 bits per heavy atom. The number of rotatable bonds is 14. The van der Waals surface area contributed by atoms with Gasteiger partial charge >= 0.3 is 59.7 Å². The maximum atomic E-state index is 15.9. The fraction of sp³-hybridized carbons (Fsp3) is 0.146. The van der Waals surface area contributed by atoms with Crippen LogP contribution in [0.5, 0.6) is 178 Å². The van der Waals surface area contributed by atoms with Gasteiger partial charge < -0.3 is 210 Å². The molecule has 10 atom stereocenters. The number of hydrogen-bond donors (Lipinski definition) is 29. The summed E-state index contributed by atoms with van der Waals surface area (Å²) in [5.74, 6) is -66.5. The summed E-state index contributed by atoms with van der Waals surface area (Å²) in [5.41, 5.74) is -17.9. The van der Waals surface area contributed by atoms with Crippen molar-refractivity contribution in [3.63, 3.8) is 0 Å². The summed E-state index contributed by atoms with van der Waals surface area (Å²) < 4.78 is 74.5. The number of fused-ring (bicyclic) bond motifs is 8. The van der Waals surface area contributed by atoms with Crippen molar-refractivity contribution >= 4 is 59.7 Å². The van der Waals surface area contributed by atoms with Crippen LogP contribution in [-0.4, -0.2) is 282 Å². The topological polar surface area (TPSA) is 877 Å². The average molecular weight is 1880 g/mol. The lowest BCUT2D eigenvalue weighted by Gasteiger charge is -2.43. The monoisotopic (exact) mass is 1870 g/mol. The van der Waals surface area contributed by atoms with Gasteiger partial charge in [0.05, 0.1) is 50.1 Å². The molecule has 2 fully saturated rings. The number of phenols is 29. The Labute approximate surface area is 736 Å². The minimum atomic E-state index is -3.16. The second kappa shape index (κ2) is 34.2. The summed E-state index contributed by atoms with van der Waals surface area (Å²) >= 11 is 0. The minimum Gasteiger partial charge on any atom is -0.504 e. The quantitative estimate of drug-likeness (QED) is 0.0419. The predicted molar refractivity (Wildman–Crippen MR) is 415 cm³/mol. The first-order valence-electron chi connectivity index (χ1n) is 37.0. The van der Waals surface area contributed by atoms with E-state index in [-0.39, 0.29) is 24.3 Å². The molecule has 4 aliphatic rings.